The van der Waals surface area contributed by atoms with E-state index in [1.54, 1.807) is 7.11 Å². The molecular formula is C17H28O. The van der Waals surface area contributed by atoms with Crippen LogP contribution in [0.5, 0.6) is 0 Å². The molecule has 0 amide bonds. The van der Waals surface area contributed by atoms with Gasteiger partial charge in [-0.05, 0) is 23.5 Å². The summed E-state index contributed by atoms with van der Waals surface area (Å²) in [6, 6.07) is 9.07. The highest BCUT2D eigenvalue weighted by Gasteiger charge is 2.06. The quantitative estimate of drug-likeness (QED) is 0.642. The summed E-state index contributed by atoms with van der Waals surface area (Å²) in [4.78, 5) is 0. The average molecular weight is 248 g/mol. The van der Waals surface area contributed by atoms with Crippen molar-refractivity contribution < 1.29 is 4.74 Å². The Hall–Kier alpha value is -0.820. The van der Waals surface area contributed by atoms with Crippen molar-refractivity contribution in [2.45, 2.75) is 52.4 Å². The van der Waals surface area contributed by atoms with Gasteiger partial charge in [0.2, 0.25) is 0 Å². The summed E-state index contributed by atoms with van der Waals surface area (Å²) in [5.41, 5.74) is 2.84. The summed E-state index contributed by atoms with van der Waals surface area (Å²) in [5.74, 6) is 1.29. The van der Waals surface area contributed by atoms with Gasteiger partial charge in [0.1, 0.15) is 0 Å². The molecule has 0 aromatic heterocycles. The highest BCUT2D eigenvalue weighted by Crippen LogP contribution is 2.19. The molecule has 2 atom stereocenters. The van der Waals surface area contributed by atoms with Gasteiger partial charge < -0.3 is 4.74 Å². The van der Waals surface area contributed by atoms with Crippen molar-refractivity contribution in [1.29, 1.82) is 0 Å². The highest BCUT2D eigenvalue weighted by atomic mass is 16.5. The fourth-order valence-electron chi connectivity index (χ4n) is 2.39. The molecule has 1 rings (SSSR count). The zero-order chi connectivity index (χ0) is 13.4. The maximum Gasteiger partial charge on any atom is 0.0528 e. The lowest BCUT2D eigenvalue weighted by molar-refractivity contribution is 0.184. The van der Waals surface area contributed by atoms with Gasteiger partial charge in [-0.2, -0.15) is 0 Å². The molecule has 102 valence electrons. The number of unbranched alkanes of at least 4 members (excludes halogenated alkanes) is 1. The minimum atomic E-state index is 0.488. The first-order chi connectivity index (χ1) is 8.67. The van der Waals surface area contributed by atoms with Crippen LogP contribution in [0.3, 0.4) is 0 Å². The molecule has 18 heavy (non-hydrogen) atoms. The van der Waals surface area contributed by atoms with Gasteiger partial charge in [0.25, 0.3) is 0 Å². The normalized spacial score (nSPS) is 14.4. The maximum atomic E-state index is 5.20. The van der Waals surface area contributed by atoms with Crippen molar-refractivity contribution in [2.24, 2.45) is 5.92 Å². The van der Waals surface area contributed by atoms with Crippen LogP contribution in [0.1, 0.15) is 57.1 Å². The molecule has 1 aromatic carbocycles. The smallest absolute Gasteiger partial charge is 0.0528 e. The lowest BCUT2D eigenvalue weighted by Crippen LogP contribution is -2.03. The van der Waals surface area contributed by atoms with Crippen LogP contribution in [-0.4, -0.2) is 13.7 Å². The summed E-state index contributed by atoms with van der Waals surface area (Å²) >= 11 is 0. The third kappa shape index (κ3) is 5.22. The van der Waals surface area contributed by atoms with E-state index < -0.39 is 0 Å². The summed E-state index contributed by atoms with van der Waals surface area (Å²) < 4.78 is 5.20. The Morgan fingerprint density at radius 2 is 1.78 bits per heavy atom. The van der Waals surface area contributed by atoms with Crippen LogP contribution in [-0.2, 0) is 11.2 Å². The second kappa shape index (κ2) is 8.31. The molecule has 1 nitrogen and oxygen atoms in total. The molecule has 0 saturated heterocycles. The van der Waals surface area contributed by atoms with Crippen molar-refractivity contribution >= 4 is 0 Å². The third-order valence-electron chi connectivity index (χ3n) is 3.60. The average Bonchev–Trinajstić information content (AvgIpc) is 2.37. The van der Waals surface area contributed by atoms with Gasteiger partial charge in [0, 0.05) is 13.0 Å². The molecular weight excluding hydrogens is 220 g/mol. The summed E-state index contributed by atoms with van der Waals surface area (Å²) in [5, 5.41) is 0. The standard InChI is InChI=1S/C17H28O/c1-5-6-7-14(2)12-16-8-10-17(11-9-16)15(3)13-18-4/h8-11,14-15H,5-7,12-13H2,1-4H3. The second-order valence-corrected chi connectivity index (χ2v) is 5.55. The number of hydrogen-bond acceptors (Lipinski definition) is 1. The van der Waals surface area contributed by atoms with E-state index in [9.17, 15) is 0 Å². The van der Waals surface area contributed by atoms with Crippen molar-refractivity contribution in [3.8, 4) is 0 Å². The van der Waals surface area contributed by atoms with Crippen LogP contribution in [0, 0.1) is 5.92 Å². The van der Waals surface area contributed by atoms with E-state index >= 15 is 0 Å². The molecule has 2 unspecified atom stereocenters. The summed E-state index contributed by atoms with van der Waals surface area (Å²) in [6.07, 6.45) is 5.21. The Kier molecular flexibility index (Phi) is 7.04. The molecule has 0 aliphatic carbocycles. The largest absolute Gasteiger partial charge is 0.384 e. The van der Waals surface area contributed by atoms with Crippen molar-refractivity contribution in [2.75, 3.05) is 13.7 Å². The zero-order valence-corrected chi connectivity index (χ0v) is 12.4. The molecule has 0 saturated carbocycles. The molecule has 0 aliphatic rings. The number of benzene rings is 1. The Morgan fingerprint density at radius 1 is 1.11 bits per heavy atom. The van der Waals surface area contributed by atoms with Gasteiger partial charge in [-0.3, -0.25) is 0 Å². The topological polar surface area (TPSA) is 9.23 Å². The Balaban J connectivity index is 2.49. The lowest BCUT2D eigenvalue weighted by atomic mass is 9.94. The molecule has 1 aromatic rings. The number of ether oxygens (including phenoxy) is 1. The van der Waals surface area contributed by atoms with E-state index in [1.165, 1.54) is 36.8 Å². The monoisotopic (exact) mass is 248 g/mol. The first-order valence-corrected chi connectivity index (χ1v) is 7.25. The Morgan fingerprint density at radius 3 is 2.33 bits per heavy atom. The van der Waals surface area contributed by atoms with E-state index in [0.717, 1.165) is 12.5 Å². The molecule has 0 radical (unpaired) electrons. The third-order valence-corrected chi connectivity index (χ3v) is 3.60. The lowest BCUT2D eigenvalue weighted by Gasteiger charge is -2.13. The number of hydrogen-bond donors (Lipinski definition) is 0. The van der Waals surface area contributed by atoms with Crippen LogP contribution < -0.4 is 0 Å². The maximum absolute atomic E-state index is 5.20. The van der Waals surface area contributed by atoms with Gasteiger partial charge >= 0.3 is 0 Å². The SMILES string of the molecule is CCCCC(C)Cc1ccc(C(C)COC)cc1. The van der Waals surface area contributed by atoms with Gasteiger partial charge in [0.05, 0.1) is 6.61 Å². The second-order valence-electron chi connectivity index (χ2n) is 5.55. The fraction of sp³-hybridized carbons (Fsp3) is 0.647. The predicted molar refractivity (Wildman–Crippen MR) is 79.1 cm³/mol. The number of methoxy groups -OCH3 is 1. The van der Waals surface area contributed by atoms with E-state index in [-0.39, 0.29) is 0 Å². The molecule has 0 N–H and O–H groups in total. The summed E-state index contributed by atoms with van der Waals surface area (Å²) in [6.45, 7) is 7.63. The fourth-order valence-corrected chi connectivity index (χ4v) is 2.39. The minimum absolute atomic E-state index is 0.488. The minimum Gasteiger partial charge on any atom is -0.384 e. The van der Waals surface area contributed by atoms with Gasteiger partial charge in [0.15, 0.2) is 0 Å². The van der Waals surface area contributed by atoms with Crippen LogP contribution in [0.4, 0.5) is 0 Å². The van der Waals surface area contributed by atoms with Crippen LogP contribution >= 0.6 is 0 Å². The Labute approximate surface area is 113 Å². The van der Waals surface area contributed by atoms with E-state index in [2.05, 4.69) is 45.0 Å². The first-order valence-electron chi connectivity index (χ1n) is 7.25. The first kappa shape index (κ1) is 15.2. The van der Waals surface area contributed by atoms with E-state index in [4.69, 9.17) is 4.74 Å². The highest BCUT2D eigenvalue weighted by molar-refractivity contribution is 5.25. The predicted octanol–water partition coefficient (Wildman–Crippen LogP) is 4.81. The van der Waals surface area contributed by atoms with Gasteiger partial charge in [-0.1, -0.05) is 64.3 Å². The van der Waals surface area contributed by atoms with Crippen LogP contribution in [0.25, 0.3) is 0 Å². The van der Waals surface area contributed by atoms with Crippen molar-refractivity contribution in [3.63, 3.8) is 0 Å². The van der Waals surface area contributed by atoms with Crippen molar-refractivity contribution in [3.05, 3.63) is 35.4 Å². The molecule has 0 heterocycles. The van der Waals surface area contributed by atoms with Crippen LogP contribution in [0.15, 0.2) is 24.3 Å². The summed E-state index contributed by atoms with van der Waals surface area (Å²) in [7, 11) is 1.76. The van der Waals surface area contributed by atoms with E-state index in [1.807, 2.05) is 0 Å². The molecule has 0 spiro atoms. The Bertz CT molecular complexity index is 315. The molecule has 0 bridgehead atoms. The van der Waals surface area contributed by atoms with Crippen molar-refractivity contribution in [1.82, 2.24) is 0 Å². The number of rotatable bonds is 8. The zero-order valence-electron chi connectivity index (χ0n) is 12.4. The van der Waals surface area contributed by atoms with Gasteiger partial charge in [-0.25, -0.2) is 0 Å². The van der Waals surface area contributed by atoms with E-state index in [0.29, 0.717) is 5.92 Å². The molecule has 1 heteroatoms. The molecule has 0 aliphatic heterocycles. The van der Waals surface area contributed by atoms with Crippen LogP contribution in [0.2, 0.25) is 0 Å². The van der Waals surface area contributed by atoms with Gasteiger partial charge in [-0.15, -0.1) is 0 Å². The molecule has 0 fully saturated rings.